The fourth-order valence-electron chi connectivity index (χ4n) is 7.48. The van der Waals surface area contributed by atoms with Crippen LogP contribution in [0.3, 0.4) is 0 Å². The van der Waals surface area contributed by atoms with Gasteiger partial charge in [0.15, 0.2) is 0 Å². The molecule has 0 heterocycles. The highest BCUT2D eigenvalue weighted by molar-refractivity contribution is 6.24. The van der Waals surface area contributed by atoms with Crippen LogP contribution < -0.4 is 0 Å². The normalized spacial score (nSPS) is 67.4. The second kappa shape index (κ2) is 3.81. The molecular weight excluding hydrogens is 275 g/mol. The maximum Gasteiger partial charge on any atom is 0.0747 e. The fraction of sp³-hybridized carbons (Fsp3) is 1.00. The molecule has 0 N–H and O–H groups in total. The monoisotopic (exact) mass is 302 g/mol. The minimum absolute atomic E-state index is 0.0127. The van der Waals surface area contributed by atoms with Crippen molar-refractivity contribution in [1.82, 2.24) is 0 Å². The molecule has 1 nitrogen and oxygen atoms in total. The van der Waals surface area contributed by atoms with E-state index < -0.39 is 0 Å². The summed E-state index contributed by atoms with van der Waals surface area (Å²) in [7, 11) is 25.9. The Morgan fingerprint density at radius 1 is 0.739 bits per heavy atom. The Hall–Kier alpha value is 0.220. The molecular formula is C18H26B4O. The summed E-state index contributed by atoms with van der Waals surface area (Å²) in [5, 5.41) is 0. The van der Waals surface area contributed by atoms with Crippen LogP contribution in [0.2, 0.25) is 23.3 Å². The third-order valence-corrected chi connectivity index (χ3v) is 9.13. The first-order chi connectivity index (χ1) is 10.4. The van der Waals surface area contributed by atoms with Gasteiger partial charge in [-0.25, -0.2) is 0 Å². The van der Waals surface area contributed by atoms with Gasteiger partial charge in [0.05, 0.1) is 42.6 Å². The zero-order valence-electron chi connectivity index (χ0n) is 15.4. The van der Waals surface area contributed by atoms with E-state index in [1.54, 1.807) is 0 Å². The van der Waals surface area contributed by atoms with Crippen molar-refractivity contribution >= 4 is 31.4 Å². The Morgan fingerprint density at radius 3 is 1.57 bits per heavy atom. The van der Waals surface area contributed by atoms with Gasteiger partial charge in [0.2, 0.25) is 0 Å². The third kappa shape index (κ3) is 1.22. The van der Waals surface area contributed by atoms with E-state index in [9.17, 15) is 0 Å². The van der Waals surface area contributed by atoms with Crippen LogP contribution in [0.15, 0.2) is 0 Å². The maximum absolute atomic E-state index is 6.74. The van der Waals surface area contributed by atoms with Crippen molar-refractivity contribution in [2.75, 3.05) is 0 Å². The Bertz CT molecular complexity index is 596. The number of hydrogen-bond acceptors (Lipinski definition) is 1. The summed E-state index contributed by atoms with van der Waals surface area (Å²) < 4.78 is 6.74. The van der Waals surface area contributed by atoms with Crippen molar-refractivity contribution in [3.05, 3.63) is 0 Å². The van der Waals surface area contributed by atoms with Crippen molar-refractivity contribution in [3.8, 4) is 0 Å². The van der Waals surface area contributed by atoms with Crippen LogP contribution in [0.25, 0.3) is 0 Å². The molecule has 0 saturated heterocycles. The predicted octanol–water partition coefficient (Wildman–Crippen LogP) is 3.21. The zero-order valence-corrected chi connectivity index (χ0v) is 15.4. The lowest BCUT2D eigenvalue weighted by atomic mass is 9.90. The largest absolute Gasteiger partial charge is 0.369 e. The number of hydrogen-bond donors (Lipinski definition) is 0. The third-order valence-electron chi connectivity index (χ3n) is 9.13. The number of ether oxygens (including phenoxy) is 1. The summed E-state index contributed by atoms with van der Waals surface area (Å²) in [5.74, 6) is 0.181. The number of rotatable bonds is 4. The van der Waals surface area contributed by atoms with Gasteiger partial charge in [0, 0.05) is 0 Å². The lowest BCUT2D eigenvalue weighted by Crippen LogP contribution is -2.28. The summed E-state index contributed by atoms with van der Waals surface area (Å²) in [6.07, 6.45) is 2.22. The summed E-state index contributed by atoms with van der Waals surface area (Å²) in [5.41, 5.74) is -0.855. The molecule has 116 valence electrons. The van der Waals surface area contributed by atoms with Gasteiger partial charge >= 0.3 is 0 Å². The van der Waals surface area contributed by atoms with Crippen LogP contribution in [0.1, 0.15) is 54.4 Å². The minimum atomic E-state index is -0.388. The van der Waals surface area contributed by atoms with Crippen molar-refractivity contribution in [2.24, 2.45) is 21.7 Å². The first-order valence-corrected chi connectivity index (χ1v) is 9.11. The Kier molecular flexibility index (Phi) is 2.76. The highest BCUT2D eigenvalue weighted by Gasteiger charge is 2.96. The second-order valence-corrected chi connectivity index (χ2v) is 9.85. The molecule has 9 atom stereocenters. The molecule has 23 heavy (non-hydrogen) atoms. The van der Waals surface area contributed by atoms with E-state index in [0.29, 0.717) is 0 Å². The first kappa shape index (κ1) is 16.7. The highest BCUT2D eigenvalue weighted by atomic mass is 16.5. The molecule has 0 amide bonds. The molecule has 4 rings (SSSR count). The highest BCUT2D eigenvalue weighted by Crippen LogP contribution is 3.00. The van der Waals surface area contributed by atoms with Crippen LogP contribution in [0, 0.1) is 21.7 Å². The Balaban J connectivity index is 1.61. The molecule has 0 aromatic heterocycles. The molecule has 9 unspecified atom stereocenters. The smallest absolute Gasteiger partial charge is 0.0747 e. The lowest BCUT2D eigenvalue weighted by molar-refractivity contribution is -0.0576. The quantitative estimate of drug-likeness (QED) is 0.725. The van der Waals surface area contributed by atoms with Crippen LogP contribution in [0.5, 0.6) is 0 Å². The van der Waals surface area contributed by atoms with Gasteiger partial charge in [-0.2, -0.15) is 0 Å². The van der Waals surface area contributed by atoms with E-state index >= 15 is 0 Å². The molecule has 5 heteroatoms. The van der Waals surface area contributed by atoms with E-state index in [2.05, 4.69) is 41.5 Å². The SMILES string of the molecule is [B]C1C(C)(C)C12C([B])C2(C)OC1(C)C([B])C12C([B])C2(C)CCC. The average molecular weight is 302 g/mol. The summed E-state index contributed by atoms with van der Waals surface area (Å²) >= 11 is 0. The van der Waals surface area contributed by atoms with Crippen molar-refractivity contribution in [3.63, 3.8) is 0 Å². The van der Waals surface area contributed by atoms with Crippen molar-refractivity contribution in [1.29, 1.82) is 0 Å². The molecule has 0 aliphatic heterocycles. The van der Waals surface area contributed by atoms with Gasteiger partial charge in [-0.05, 0) is 53.6 Å². The molecule has 2 spiro atoms. The van der Waals surface area contributed by atoms with Gasteiger partial charge in [-0.1, -0.05) is 45.8 Å². The first-order valence-electron chi connectivity index (χ1n) is 9.11. The molecule has 4 aliphatic carbocycles. The molecule has 8 radical (unpaired) electrons. The standard InChI is InChI=1S/C18H26B4O/c1-7-8-14(4)10(20)18(14)12(22)16(18,6)23-15(5)11(21)17(15)9(19)13(17,2)3/h9-12H,7-8H2,1-6H3. The molecule has 0 bridgehead atoms. The molecule has 4 aliphatic rings. The molecule has 4 saturated carbocycles. The van der Waals surface area contributed by atoms with E-state index in [0.717, 1.165) is 12.8 Å². The summed E-state index contributed by atoms with van der Waals surface area (Å²) in [6, 6.07) is 0. The minimum Gasteiger partial charge on any atom is -0.369 e. The fourth-order valence-corrected chi connectivity index (χ4v) is 7.48. The van der Waals surface area contributed by atoms with Gasteiger partial charge in [-0.15, -0.1) is 0 Å². The second-order valence-electron chi connectivity index (χ2n) is 9.85. The van der Waals surface area contributed by atoms with Crippen LogP contribution in [-0.4, -0.2) is 42.6 Å². The topological polar surface area (TPSA) is 9.23 Å². The van der Waals surface area contributed by atoms with Crippen LogP contribution in [-0.2, 0) is 4.74 Å². The summed E-state index contributed by atoms with van der Waals surface area (Å²) in [4.78, 5) is 0. The van der Waals surface area contributed by atoms with E-state index in [1.807, 2.05) is 0 Å². The van der Waals surface area contributed by atoms with E-state index in [-0.39, 0.29) is 56.1 Å². The maximum atomic E-state index is 6.74. The zero-order chi connectivity index (χ0) is 17.4. The van der Waals surface area contributed by atoms with E-state index in [1.165, 1.54) is 0 Å². The molecule has 0 aromatic carbocycles. The van der Waals surface area contributed by atoms with Crippen molar-refractivity contribution in [2.45, 2.75) is 88.9 Å². The van der Waals surface area contributed by atoms with Gasteiger partial charge in [-0.3, -0.25) is 0 Å². The summed E-state index contributed by atoms with van der Waals surface area (Å²) in [6.45, 7) is 13.1. The van der Waals surface area contributed by atoms with Crippen LogP contribution >= 0.6 is 0 Å². The van der Waals surface area contributed by atoms with Gasteiger partial charge in [0.25, 0.3) is 0 Å². The Morgan fingerprint density at radius 2 is 1.17 bits per heavy atom. The molecule has 0 aromatic rings. The molecule has 4 fully saturated rings. The predicted molar refractivity (Wildman–Crippen MR) is 97.6 cm³/mol. The average Bonchev–Trinajstić information content (AvgIpc) is 3.32. The Labute approximate surface area is 147 Å². The lowest BCUT2D eigenvalue weighted by Gasteiger charge is -2.24. The van der Waals surface area contributed by atoms with E-state index in [4.69, 9.17) is 36.1 Å². The van der Waals surface area contributed by atoms with Gasteiger partial charge in [0.1, 0.15) is 0 Å². The van der Waals surface area contributed by atoms with Gasteiger partial charge < -0.3 is 4.74 Å². The van der Waals surface area contributed by atoms with Crippen LogP contribution in [0.4, 0.5) is 0 Å². The van der Waals surface area contributed by atoms with Crippen molar-refractivity contribution < 1.29 is 4.74 Å².